The van der Waals surface area contributed by atoms with Gasteiger partial charge in [0.15, 0.2) is 0 Å². The van der Waals surface area contributed by atoms with Crippen molar-refractivity contribution in [2.75, 3.05) is 5.32 Å². The van der Waals surface area contributed by atoms with Crippen molar-refractivity contribution in [2.24, 2.45) is 0 Å². The molecule has 0 saturated heterocycles. The van der Waals surface area contributed by atoms with Crippen molar-refractivity contribution in [3.63, 3.8) is 0 Å². The summed E-state index contributed by atoms with van der Waals surface area (Å²) in [5.41, 5.74) is -0.769. The van der Waals surface area contributed by atoms with Gasteiger partial charge in [-0.15, -0.1) is 0 Å². The van der Waals surface area contributed by atoms with Gasteiger partial charge in [0, 0.05) is 0 Å². The topological polar surface area (TPSA) is 68.9 Å². The van der Waals surface area contributed by atoms with Crippen LogP contribution in [-0.4, -0.2) is 20.3 Å². The number of nitrogens with one attached hydrogen (secondary N) is 1. The molecule has 1 N–H and O–H groups in total. The highest BCUT2D eigenvalue weighted by molar-refractivity contribution is 5.90. The van der Waals surface area contributed by atoms with Crippen LogP contribution in [0.1, 0.15) is 20.8 Å². The van der Waals surface area contributed by atoms with Gasteiger partial charge in [0.05, 0.1) is 11.2 Å². The average Bonchev–Trinajstić information content (AvgIpc) is 2.73. The van der Waals surface area contributed by atoms with Gasteiger partial charge in [-0.05, 0) is 32.9 Å². The first kappa shape index (κ1) is 15.0. The standard InChI is InChI=1S/C14H17FN4O2/c1-14(2,3)19-13(21)18(9-16-19)8-12(20)17-11-7-5-4-6-10(11)15/h4-7,9H,8H2,1-3H3,(H,17,20). The van der Waals surface area contributed by atoms with E-state index < -0.39 is 17.3 Å². The molecule has 2 rings (SSSR count). The van der Waals surface area contributed by atoms with Crippen molar-refractivity contribution in [1.29, 1.82) is 0 Å². The fourth-order valence-corrected chi connectivity index (χ4v) is 1.81. The lowest BCUT2D eigenvalue weighted by Gasteiger charge is -2.16. The lowest BCUT2D eigenvalue weighted by atomic mass is 10.1. The van der Waals surface area contributed by atoms with E-state index in [1.807, 2.05) is 20.8 Å². The number of para-hydroxylation sites is 1. The normalized spacial score (nSPS) is 11.4. The fraction of sp³-hybridized carbons (Fsp3) is 0.357. The minimum atomic E-state index is -0.524. The molecule has 0 fully saturated rings. The summed E-state index contributed by atoms with van der Waals surface area (Å²) in [7, 11) is 0. The molecule has 0 atom stereocenters. The Morgan fingerprint density at radius 3 is 2.57 bits per heavy atom. The lowest BCUT2D eigenvalue weighted by Crippen LogP contribution is -2.37. The molecule has 0 bridgehead atoms. The predicted octanol–water partition coefficient (Wildman–Crippen LogP) is 1.58. The summed E-state index contributed by atoms with van der Waals surface area (Å²) in [5, 5.41) is 6.40. The van der Waals surface area contributed by atoms with E-state index in [4.69, 9.17) is 0 Å². The van der Waals surface area contributed by atoms with E-state index in [-0.39, 0.29) is 17.9 Å². The predicted molar refractivity (Wildman–Crippen MR) is 76.5 cm³/mol. The third-order valence-corrected chi connectivity index (χ3v) is 2.83. The van der Waals surface area contributed by atoms with Gasteiger partial charge in [-0.1, -0.05) is 12.1 Å². The van der Waals surface area contributed by atoms with Gasteiger partial charge in [-0.3, -0.25) is 9.36 Å². The van der Waals surface area contributed by atoms with Gasteiger partial charge in [0.1, 0.15) is 18.7 Å². The molecule has 1 heterocycles. The zero-order valence-corrected chi connectivity index (χ0v) is 12.1. The minimum Gasteiger partial charge on any atom is -0.322 e. The molecule has 0 aliphatic heterocycles. The zero-order chi connectivity index (χ0) is 15.6. The number of halogens is 1. The first-order chi connectivity index (χ1) is 9.79. The second-order valence-electron chi connectivity index (χ2n) is 5.65. The van der Waals surface area contributed by atoms with Crippen molar-refractivity contribution in [1.82, 2.24) is 14.3 Å². The van der Waals surface area contributed by atoms with Gasteiger partial charge in [-0.2, -0.15) is 5.10 Å². The molecule has 0 saturated carbocycles. The van der Waals surface area contributed by atoms with E-state index in [0.717, 1.165) is 0 Å². The van der Waals surface area contributed by atoms with E-state index in [9.17, 15) is 14.0 Å². The smallest absolute Gasteiger partial charge is 0.322 e. The van der Waals surface area contributed by atoms with Gasteiger partial charge < -0.3 is 5.32 Å². The number of benzene rings is 1. The van der Waals surface area contributed by atoms with E-state index in [1.54, 1.807) is 6.07 Å². The van der Waals surface area contributed by atoms with Crippen LogP contribution in [0.3, 0.4) is 0 Å². The first-order valence-electron chi connectivity index (χ1n) is 6.48. The Balaban J connectivity index is 2.13. The van der Waals surface area contributed by atoms with Crippen LogP contribution in [-0.2, 0) is 16.9 Å². The SMILES string of the molecule is CC(C)(C)n1ncn(CC(=O)Nc2ccccc2F)c1=O. The third-order valence-electron chi connectivity index (χ3n) is 2.83. The summed E-state index contributed by atoms with van der Waals surface area (Å²) in [6, 6.07) is 5.85. The van der Waals surface area contributed by atoms with Crippen LogP contribution >= 0.6 is 0 Å². The highest BCUT2D eigenvalue weighted by atomic mass is 19.1. The highest BCUT2D eigenvalue weighted by Crippen LogP contribution is 2.12. The molecule has 0 aliphatic rings. The van der Waals surface area contributed by atoms with Crippen LogP contribution in [0.2, 0.25) is 0 Å². The molecule has 0 radical (unpaired) electrons. The molecule has 7 heteroatoms. The van der Waals surface area contributed by atoms with E-state index in [2.05, 4.69) is 10.4 Å². The number of amides is 1. The summed E-state index contributed by atoms with van der Waals surface area (Å²) in [4.78, 5) is 24.0. The van der Waals surface area contributed by atoms with Gasteiger partial charge in [0.25, 0.3) is 0 Å². The van der Waals surface area contributed by atoms with Crippen LogP contribution in [0.4, 0.5) is 10.1 Å². The van der Waals surface area contributed by atoms with E-state index >= 15 is 0 Å². The lowest BCUT2D eigenvalue weighted by molar-refractivity contribution is -0.116. The molecule has 0 aliphatic carbocycles. The summed E-state index contributed by atoms with van der Waals surface area (Å²) in [6.45, 7) is 5.30. The maximum atomic E-state index is 13.4. The molecule has 2 aromatic rings. The zero-order valence-electron chi connectivity index (χ0n) is 12.1. The summed E-state index contributed by atoms with van der Waals surface area (Å²) < 4.78 is 15.9. The number of nitrogens with zero attached hydrogens (tertiary/aromatic N) is 3. The van der Waals surface area contributed by atoms with Crippen LogP contribution in [0.15, 0.2) is 35.4 Å². The number of anilines is 1. The van der Waals surface area contributed by atoms with Gasteiger partial charge >= 0.3 is 5.69 Å². The quantitative estimate of drug-likeness (QED) is 0.933. The summed E-state index contributed by atoms with van der Waals surface area (Å²) >= 11 is 0. The number of aromatic nitrogens is 3. The summed E-state index contributed by atoms with van der Waals surface area (Å²) in [6.07, 6.45) is 1.30. The molecule has 112 valence electrons. The monoisotopic (exact) mass is 292 g/mol. The fourth-order valence-electron chi connectivity index (χ4n) is 1.81. The van der Waals surface area contributed by atoms with Crippen molar-refractivity contribution < 1.29 is 9.18 Å². The van der Waals surface area contributed by atoms with Crippen molar-refractivity contribution in [3.05, 3.63) is 46.9 Å². The average molecular weight is 292 g/mol. The Hall–Kier alpha value is -2.44. The van der Waals surface area contributed by atoms with E-state index in [1.165, 1.54) is 33.8 Å². The third kappa shape index (κ3) is 3.36. The number of hydrogen-bond acceptors (Lipinski definition) is 3. The second-order valence-corrected chi connectivity index (χ2v) is 5.65. The van der Waals surface area contributed by atoms with E-state index in [0.29, 0.717) is 0 Å². The first-order valence-corrected chi connectivity index (χ1v) is 6.48. The van der Waals surface area contributed by atoms with Crippen LogP contribution in [0, 0.1) is 5.82 Å². The highest BCUT2D eigenvalue weighted by Gasteiger charge is 2.19. The molecular formula is C14H17FN4O2. The molecular weight excluding hydrogens is 275 g/mol. The number of hydrogen-bond donors (Lipinski definition) is 1. The minimum absolute atomic E-state index is 0.0822. The van der Waals surface area contributed by atoms with Crippen LogP contribution < -0.4 is 11.0 Å². The molecule has 6 nitrogen and oxygen atoms in total. The molecule has 1 amide bonds. The Morgan fingerprint density at radius 1 is 1.33 bits per heavy atom. The van der Waals surface area contributed by atoms with Crippen LogP contribution in [0.25, 0.3) is 0 Å². The second kappa shape index (κ2) is 5.51. The Morgan fingerprint density at radius 2 is 2.00 bits per heavy atom. The molecule has 1 aromatic heterocycles. The Bertz CT molecular complexity index is 712. The maximum absolute atomic E-state index is 13.4. The molecule has 0 unspecified atom stereocenters. The molecule has 0 spiro atoms. The number of carbonyl (C=O) groups excluding carboxylic acids is 1. The van der Waals surface area contributed by atoms with Gasteiger partial charge in [-0.25, -0.2) is 13.9 Å². The van der Waals surface area contributed by atoms with Crippen molar-refractivity contribution in [2.45, 2.75) is 32.9 Å². The van der Waals surface area contributed by atoms with Crippen molar-refractivity contribution >= 4 is 11.6 Å². The van der Waals surface area contributed by atoms with Gasteiger partial charge in [0.2, 0.25) is 5.91 Å². The number of carbonyl (C=O) groups is 1. The largest absolute Gasteiger partial charge is 0.346 e. The van der Waals surface area contributed by atoms with Crippen LogP contribution in [0.5, 0.6) is 0 Å². The number of rotatable bonds is 3. The maximum Gasteiger partial charge on any atom is 0.346 e. The molecule has 21 heavy (non-hydrogen) atoms. The van der Waals surface area contributed by atoms with Crippen molar-refractivity contribution in [3.8, 4) is 0 Å². The Labute approximate surface area is 121 Å². The molecule has 1 aromatic carbocycles. The Kier molecular flexibility index (Phi) is 3.93. The summed E-state index contributed by atoms with van der Waals surface area (Å²) in [5.74, 6) is -1.01.